The second-order valence-corrected chi connectivity index (χ2v) is 6.75. The van der Waals surface area contributed by atoms with Crippen molar-refractivity contribution >= 4 is 28.9 Å². The lowest BCUT2D eigenvalue weighted by molar-refractivity contribution is 0.562. The van der Waals surface area contributed by atoms with E-state index in [0.29, 0.717) is 0 Å². The van der Waals surface area contributed by atoms with Gasteiger partial charge >= 0.3 is 0 Å². The lowest BCUT2D eigenvalue weighted by Crippen LogP contribution is -2.25. The van der Waals surface area contributed by atoms with Crippen molar-refractivity contribution in [1.29, 1.82) is 0 Å². The largest absolute Gasteiger partial charge is 0.591 e. The molecule has 1 atom stereocenters. The van der Waals surface area contributed by atoms with Gasteiger partial charge in [0.25, 0.3) is 0 Å². The molecule has 1 aromatic rings. The Kier molecular flexibility index (Phi) is 3.69. The first-order valence-electron chi connectivity index (χ1n) is 4.28. The van der Waals surface area contributed by atoms with Crippen LogP contribution in [0, 0.1) is 6.92 Å². The van der Waals surface area contributed by atoms with Crippen molar-refractivity contribution in [3.63, 3.8) is 0 Å². The van der Waals surface area contributed by atoms with Gasteiger partial charge in [-0.2, -0.15) is 0 Å². The summed E-state index contributed by atoms with van der Waals surface area (Å²) in [4.78, 5) is 4.20. The van der Waals surface area contributed by atoms with Crippen molar-refractivity contribution in [2.45, 2.75) is 32.4 Å². The van der Waals surface area contributed by atoms with Gasteiger partial charge in [-0.3, -0.25) is 0 Å². The van der Waals surface area contributed by atoms with E-state index >= 15 is 0 Å². The van der Waals surface area contributed by atoms with Gasteiger partial charge in [0.15, 0.2) is 0 Å². The summed E-state index contributed by atoms with van der Waals surface area (Å²) >= 11 is 0.315. The fraction of sp³-hybridized carbons (Fsp3) is 0.556. The zero-order valence-electron chi connectivity index (χ0n) is 8.77. The summed E-state index contributed by atoms with van der Waals surface area (Å²) in [5.74, 6) is 0. The maximum atomic E-state index is 11.5. The van der Waals surface area contributed by atoms with Crippen molar-refractivity contribution in [3.05, 3.63) is 16.1 Å². The van der Waals surface area contributed by atoms with Crippen molar-refractivity contribution in [3.8, 4) is 0 Å². The second-order valence-electron chi connectivity index (χ2n) is 3.92. The van der Waals surface area contributed by atoms with Gasteiger partial charge in [0.1, 0.15) is 27.3 Å². The summed E-state index contributed by atoms with van der Waals surface area (Å²) in [5.41, 5.74) is 0.970. The molecule has 0 saturated carbocycles. The van der Waals surface area contributed by atoms with Crippen LogP contribution in [0.2, 0.25) is 0 Å². The average molecular weight is 230 g/mol. The second kappa shape index (κ2) is 4.42. The van der Waals surface area contributed by atoms with Crippen molar-refractivity contribution in [1.82, 2.24) is 4.98 Å². The summed E-state index contributed by atoms with van der Waals surface area (Å²) in [7, 11) is 0. The molecule has 0 fully saturated rings. The maximum absolute atomic E-state index is 11.5. The topological polar surface area (TPSA) is 48.3 Å². The van der Waals surface area contributed by atoms with Gasteiger partial charge in [0, 0.05) is 11.1 Å². The number of thiazole rings is 1. The van der Waals surface area contributed by atoms with E-state index in [2.05, 4.69) is 9.38 Å². The van der Waals surface area contributed by atoms with E-state index in [4.69, 9.17) is 0 Å². The van der Waals surface area contributed by atoms with Crippen LogP contribution < -0.4 is 0 Å². The molecule has 0 amide bonds. The van der Waals surface area contributed by atoms with E-state index in [1.807, 2.05) is 33.1 Å². The first kappa shape index (κ1) is 11.7. The molecule has 0 aliphatic rings. The quantitative estimate of drug-likeness (QED) is 0.578. The molecule has 3 nitrogen and oxygen atoms in total. The molecule has 0 bridgehead atoms. The molecule has 0 spiro atoms. The Morgan fingerprint density at radius 3 is 2.64 bits per heavy atom. The van der Waals surface area contributed by atoms with Gasteiger partial charge < -0.3 is 4.55 Å². The molecule has 0 N–H and O–H groups in total. The molecule has 14 heavy (non-hydrogen) atoms. The van der Waals surface area contributed by atoms with E-state index < -0.39 is 11.4 Å². The van der Waals surface area contributed by atoms with Crippen LogP contribution in [0.4, 0.5) is 0 Å². The van der Waals surface area contributed by atoms with Crippen molar-refractivity contribution < 1.29 is 4.55 Å². The van der Waals surface area contributed by atoms with Crippen LogP contribution in [-0.2, 0) is 11.4 Å². The highest BCUT2D eigenvalue weighted by atomic mass is 32.2. The Morgan fingerprint density at radius 1 is 1.57 bits per heavy atom. The Morgan fingerprint density at radius 2 is 2.21 bits per heavy atom. The minimum atomic E-state index is -1.19. The number of aryl methyl sites for hydroxylation is 1. The van der Waals surface area contributed by atoms with Gasteiger partial charge in [0.05, 0.1) is 0 Å². The summed E-state index contributed by atoms with van der Waals surface area (Å²) in [6, 6.07) is 0. The monoisotopic (exact) mass is 230 g/mol. The number of hydrogen-bond acceptors (Lipinski definition) is 4. The van der Waals surface area contributed by atoms with E-state index in [9.17, 15) is 4.55 Å². The van der Waals surface area contributed by atoms with Crippen LogP contribution in [0.5, 0.6) is 0 Å². The van der Waals surface area contributed by atoms with Crippen LogP contribution in [0.15, 0.2) is 9.78 Å². The molecule has 5 heteroatoms. The lowest BCUT2D eigenvalue weighted by Gasteiger charge is -2.17. The third kappa shape index (κ3) is 3.40. The van der Waals surface area contributed by atoms with E-state index in [1.165, 1.54) is 11.3 Å². The highest BCUT2D eigenvalue weighted by Crippen LogP contribution is 2.17. The normalized spacial score (nSPS) is 14.9. The maximum Gasteiger partial charge on any atom is 0.144 e. The van der Waals surface area contributed by atoms with Crippen molar-refractivity contribution in [2.24, 2.45) is 4.40 Å². The first-order chi connectivity index (χ1) is 6.39. The zero-order chi connectivity index (χ0) is 10.8. The Hall–Kier alpha value is -0.390. The Balaban J connectivity index is 2.65. The summed E-state index contributed by atoms with van der Waals surface area (Å²) in [6.45, 7) is 7.61. The van der Waals surface area contributed by atoms with Crippen LogP contribution in [0.25, 0.3) is 0 Å². The van der Waals surface area contributed by atoms with Crippen molar-refractivity contribution in [2.75, 3.05) is 0 Å². The third-order valence-corrected chi connectivity index (χ3v) is 3.66. The number of rotatable bonds is 2. The number of hydrogen-bond donors (Lipinski definition) is 0. The van der Waals surface area contributed by atoms with E-state index in [0.717, 1.165) is 10.7 Å². The molecule has 1 rings (SSSR count). The molecular weight excluding hydrogens is 216 g/mol. The fourth-order valence-corrected chi connectivity index (χ4v) is 1.92. The minimum absolute atomic E-state index is 0.303. The predicted molar refractivity (Wildman–Crippen MR) is 62.3 cm³/mol. The van der Waals surface area contributed by atoms with Gasteiger partial charge in [-0.05, 0) is 27.7 Å². The molecular formula is C9H14N2OS2. The molecule has 78 valence electrons. The lowest BCUT2D eigenvalue weighted by atomic mass is 10.3. The molecule has 1 heterocycles. The molecule has 0 aliphatic carbocycles. The van der Waals surface area contributed by atoms with Crippen LogP contribution in [-0.4, -0.2) is 20.5 Å². The zero-order valence-corrected chi connectivity index (χ0v) is 10.4. The molecule has 0 aliphatic heterocycles. The van der Waals surface area contributed by atoms with Crippen LogP contribution >= 0.6 is 11.3 Å². The first-order valence-corrected chi connectivity index (χ1v) is 6.26. The SMILES string of the molecule is Cc1csc(/C=N/[S+]([O-])C(C)(C)C)n1. The van der Waals surface area contributed by atoms with Gasteiger partial charge in [-0.15, -0.1) is 11.3 Å². The van der Waals surface area contributed by atoms with E-state index in [1.54, 1.807) is 6.21 Å². The number of nitrogens with zero attached hydrogens (tertiary/aromatic N) is 2. The molecule has 0 saturated heterocycles. The third-order valence-electron chi connectivity index (χ3n) is 1.42. The van der Waals surface area contributed by atoms with Gasteiger partial charge in [-0.1, -0.05) is 4.40 Å². The van der Waals surface area contributed by atoms with Crippen LogP contribution in [0.1, 0.15) is 31.5 Å². The summed E-state index contributed by atoms with van der Waals surface area (Å²) < 4.78 is 15.2. The summed E-state index contributed by atoms with van der Waals surface area (Å²) in [5, 5.41) is 2.75. The van der Waals surface area contributed by atoms with E-state index in [-0.39, 0.29) is 4.75 Å². The van der Waals surface area contributed by atoms with Crippen LogP contribution in [0.3, 0.4) is 0 Å². The highest BCUT2D eigenvalue weighted by Gasteiger charge is 2.25. The molecule has 0 aromatic carbocycles. The Bertz CT molecular complexity index is 328. The predicted octanol–water partition coefficient (Wildman–Crippen LogP) is 2.33. The Labute approximate surface area is 91.6 Å². The minimum Gasteiger partial charge on any atom is -0.591 e. The molecule has 1 aromatic heterocycles. The van der Waals surface area contributed by atoms with Gasteiger partial charge in [0.2, 0.25) is 0 Å². The average Bonchev–Trinajstić information content (AvgIpc) is 2.45. The molecule has 0 radical (unpaired) electrons. The van der Waals surface area contributed by atoms with Gasteiger partial charge in [-0.25, -0.2) is 4.98 Å². The molecule has 1 unspecified atom stereocenters. The fourth-order valence-electron chi connectivity index (χ4n) is 0.683. The standard InChI is InChI=1S/C9H14N2OS2/c1-7-6-13-8(11-7)5-10-14(12)9(2,3)4/h5-6H,1-4H3/b10-5+. The smallest absolute Gasteiger partial charge is 0.144 e. The summed E-state index contributed by atoms with van der Waals surface area (Å²) in [6.07, 6.45) is 1.58. The highest BCUT2D eigenvalue weighted by molar-refractivity contribution is 7.91. The number of aromatic nitrogens is 1.